The van der Waals surface area contributed by atoms with Gasteiger partial charge in [0.25, 0.3) is 0 Å². The summed E-state index contributed by atoms with van der Waals surface area (Å²) in [7, 11) is 1.72. The summed E-state index contributed by atoms with van der Waals surface area (Å²) in [4.78, 5) is 0. The van der Waals surface area contributed by atoms with Crippen molar-refractivity contribution >= 4 is 37.5 Å². The highest BCUT2D eigenvalue weighted by molar-refractivity contribution is 9.10. The molecule has 0 radical (unpaired) electrons. The maximum absolute atomic E-state index is 5.57. The van der Waals surface area contributed by atoms with Crippen LogP contribution in [0.15, 0.2) is 53.0 Å². The third-order valence-corrected chi connectivity index (χ3v) is 3.87. The first-order valence-corrected chi connectivity index (χ1v) is 6.25. The largest absolute Gasteiger partial charge is 0.495 e. The minimum absolute atomic E-state index is 0.944. The molecule has 0 atom stereocenters. The zero-order valence-electron chi connectivity index (χ0n) is 9.41. The summed E-state index contributed by atoms with van der Waals surface area (Å²) < 4.78 is 6.70. The molecule has 0 bridgehead atoms. The van der Waals surface area contributed by atoms with Crippen LogP contribution in [-0.4, -0.2) is 7.11 Å². The zero-order chi connectivity index (χ0) is 11.8. The van der Waals surface area contributed by atoms with Crippen LogP contribution in [0.2, 0.25) is 0 Å². The normalized spacial score (nSPS) is 10.9. The zero-order valence-corrected chi connectivity index (χ0v) is 11.0. The van der Waals surface area contributed by atoms with Gasteiger partial charge in [-0.25, -0.2) is 0 Å². The Labute approximate surface area is 108 Å². The molecule has 0 spiro atoms. The number of ether oxygens (including phenoxy) is 1. The van der Waals surface area contributed by atoms with Crippen LogP contribution in [0.5, 0.6) is 5.75 Å². The van der Waals surface area contributed by atoms with E-state index in [1.54, 1.807) is 7.11 Å². The average molecular weight is 287 g/mol. The van der Waals surface area contributed by atoms with Gasteiger partial charge in [-0.05, 0) is 15.9 Å². The highest BCUT2D eigenvalue weighted by Gasteiger charge is 2.11. The maximum Gasteiger partial charge on any atom is 0.134 e. The van der Waals surface area contributed by atoms with E-state index in [0.717, 1.165) is 21.0 Å². The lowest BCUT2D eigenvalue weighted by Crippen LogP contribution is -1.88. The van der Waals surface area contributed by atoms with E-state index in [-0.39, 0.29) is 0 Å². The molecule has 0 saturated heterocycles. The number of benzene rings is 3. The van der Waals surface area contributed by atoms with Crippen LogP contribution in [-0.2, 0) is 0 Å². The first kappa shape index (κ1) is 10.6. The average Bonchev–Trinajstić information content (AvgIpc) is 2.40. The van der Waals surface area contributed by atoms with E-state index in [1.165, 1.54) is 10.8 Å². The summed E-state index contributed by atoms with van der Waals surface area (Å²) >= 11 is 3.69. The fraction of sp³-hybridized carbons (Fsp3) is 0.0667. The van der Waals surface area contributed by atoms with Gasteiger partial charge in [-0.15, -0.1) is 0 Å². The van der Waals surface area contributed by atoms with Crippen LogP contribution in [0.4, 0.5) is 0 Å². The van der Waals surface area contributed by atoms with Gasteiger partial charge in [0, 0.05) is 26.0 Å². The van der Waals surface area contributed by atoms with Crippen molar-refractivity contribution in [2.75, 3.05) is 7.11 Å². The second kappa shape index (κ2) is 4.04. The van der Waals surface area contributed by atoms with Crippen LogP contribution in [0.1, 0.15) is 0 Å². The Bertz CT molecular complexity index is 647. The molecule has 0 aliphatic rings. The molecule has 1 nitrogen and oxygen atoms in total. The maximum atomic E-state index is 5.57. The molecule has 0 amide bonds. The van der Waals surface area contributed by atoms with Crippen molar-refractivity contribution in [3.63, 3.8) is 0 Å². The Hall–Kier alpha value is -1.54. The second-order valence-corrected chi connectivity index (χ2v) is 4.73. The molecule has 3 rings (SSSR count). The molecule has 17 heavy (non-hydrogen) atoms. The van der Waals surface area contributed by atoms with Crippen molar-refractivity contribution in [1.82, 2.24) is 0 Å². The molecule has 3 aromatic rings. The number of rotatable bonds is 1. The van der Waals surface area contributed by atoms with Gasteiger partial charge in [0.1, 0.15) is 5.75 Å². The van der Waals surface area contributed by atoms with Gasteiger partial charge in [0.05, 0.1) is 7.11 Å². The fourth-order valence-corrected chi connectivity index (χ4v) is 2.95. The first-order chi connectivity index (χ1) is 8.33. The highest BCUT2D eigenvalue weighted by Crippen LogP contribution is 2.40. The molecular formula is C15H11BrO. The molecule has 0 aromatic heterocycles. The van der Waals surface area contributed by atoms with E-state index >= 15 is 0 Å². The first-order valence-electron chi connectivity index (χ1n) is 5.46. The predicted molar refractivity (Wildman–Crippen MR) is 75.7 cm³/mol. The van der Waals surface area contributed by atoms with E-state index in [0.29, 0.717) is 0 Å². The highest BCUT2D eigenvalue weighted by atomic mass is 79.9. The van der Waals surface area contributed by atoms with Crippen molar-refractivity contribution in [1.29, 1.82) is 0 Å². The van der Waals surface area contributed by atoms with Crippen molar-refractivity contribution < 1.29 is 4.74 Å². The SMILES string of the molecule is COc1c2ccccc2c(Br)c2ccccc12. The van der Waals surface area contributed by atoms with E-state index in [4.69, 9.17) is 4.74 Å². The lowest BCUT2D eigenvalue weighted by atomic mass is 10.0. The summed E-state index contributed by atoms with van der Waals surface area (Å²) in [5.41, 5.74) is 0. The minimum Gasteiger partial charge on any atom is -0.495 e. The lowest BCUT2D eigenvalue weighted by Gasteiger charge is -2.12. The molecular weight excluding hydrogens is 276 g/mol. The van der Waals surface area contributed by atoms with Gasteiger partial charge in [-0.2, -0.15) is 0 Å². The van der Waals surface area contributed by atoms with E-state index in [2.05, 4.69) is 40.2 Å². The lowest BCUT2D eigenvalue weighted by molar-refractivity contribution is 0.424. The van der Waals surface area contributed by atoms with Crippen LogP contribution in [0.3, 0.4) is 0 Å². The van der Waals surface area contributed by atoms with Crippen LogP contribution in [0.25, 0.3) is 21.5 Å². The van der Waals surface area contributed by atoms with Crippen molar-refractivity contribution in [2.24, 2.45) is 0 Å². The molecule has 2 heteroatoms. The number of methoxy groups -OCH3 is 1. The fourth-order valence-electron chi connectivity index (χ4n) is 2.26. The smallest absolute Gasteiger partial charge is 0.134 e. The van der Waals surface area contributed by atoms with Crippen molar-refractivity contribution in [3.8, 4) is 5.75 Å². The Morgan fingerprint density at radius 1 is 0.765 bits per heavy atom. The third kappa shape index (κ3) is 1.52. The number of hydrogen-bond donors (Lipinski definition) is 0. The monoisotopic (exact) mass is 286 g/mol. The van der Waals surface area contributed by atoms with Gasteiger partial charge in [-0.1, -0.05) is 48.5 Å². The number of halogens is 1. The molecule has 0 saturated carbocycles. The Balaban J connectivity index is 2.63. The van der Waals surface area contributed by atoms with Crippen LogP contribution in [0, 0.1) is 0 Å². The Kier molecular flexibility index (Phi) is 2.52. The second-order valence-electron chi connectivity index (χ2n) is 3.94. The molecule has 0 aliphatic heterocycles. The standard InChI is InChI=1S/C15H11BrO/c1-17-15-12-8-4-2-6-10(12)14(16)11-7-3-5-9-13(11)15/h2-9H,1H3. The summed E-state index contributed by atoms with van der Waals surface area (Å²) in [6.45, 7) is 0. The molecule has 0 aliphatic carbocycles. The summed E-state index contributed by atoms with van der Waals surface area (Å²) in [6.07, 6.45) is 0. The van der Waals surface area contributed by atoms with Gasteiger partial charge in [0.15, 0.2) is 0 Å². The molecule has 84 valence electrons. The van der Waals surface area contributed by atoms with E-state index < -0.39 is 0 Å². The van der Waals surface area contributed by atoms with Crippen LogP contribution >= 0.6 is 15.9 Å². The van der Waals surface area contributed by atoms with Gasteiger partial charge in [-0.3, -0.25) is 0 Å². The molecule has 0 heterocycles. The minimum atomic E-state index is 0.944. The summed E-state index contributed by atoms with van der Waals surface area (Å²) in [6, 6.07) is 16.5. The predicted octanol–water partition coefficient (Wildman–Crippen LogP) is 4.76. The Morgan fingerprint density at radius 2 is 1.18 bits per heavy atom. The molecule has 0 unspecified atom stereocenters. The molecule has 3 aromatic carbocycles. The van der Waals surface area contributed by atoms with Crippen molar-refractivity contribution in [3.05, 3.63) is 53.0 Å². The quantitative estimate of drug-likeness (QED) is 0.586. The van der Waals surface area contributed by atoms with Crippen LogP contribution < -0.4 is 4.74 Å². The summed E-state index contributed by atoms with van der Waals surface area (Å²) in [5, 5.41) is 4.65. The Morgan fingerprint density at radius 3 is 1.59 bits per heavy atom. The van der Waals surface area contributed by atoms with Gasteiger partial charge in [0.2, 0.25) is 0 Å². The van der Waals surface area contributed by atoms with Gasteiger partial charge < -0.3 is 4.74 Å². The molecule has 0 N–H and O–H groups in total. The van der Waals surface area contributed by atoms with E-state index in [1.807, 2.05) is 24.3 Å². The summed E-state index contributed by atoms with van der Waals surface area (Å²) in [5.74, 6) is 0.944. The number of fused-ring (bicyclic) bond motifs is 2. The van der Waals surface area contributed by atoms with Gasteiger partial charge >= 0.3 is 0 Å². The molecule has 0 fully saturated rings. The topological polar surface area (TPSA) is 9.23 Å². The number of hydrogen-bond acceptors (Lipinski definition) is 1. The third-order valence-electron chi connectivity index (χ3n) is 3.02. The van der Waals surface area contributed by atoms with Crippen molar-refractivity contribution in [2.45, 2.75) is 0 Å². The van der Waals surface area contributed by atoms with E-state index in [9.17, 15) is 0 Å².